The van der Waals surface area contributed by atoms with Gasteiger partial charge < -0.3 is 14.6 Å². The summed E-state index contributed by atoms with van der Waals surface area (Å²) in [5.41, 5.74) is -1.08. The fourth-order valence-corrected chi connectivity index (χ4v) is 10.0. The molecule has 6 rings (SSSR count). The lowest BCUT2D eigenvalue weighted by atomic mass is 9.93. The number of ether oxygens (including phenoxy) is 2. The maximum absolute atomic E-state index is 12.7. The van der Waals surface area contributed by atoms with E-state index in [4.69, 9.17) is 32.7 Å². The van der Waals surface area contributed by atoms with Crippen LogP contribution in [0.4, 0.5) is 52.7 Å². The summed E-state index contributed by atoms with van der Waals surface area (Å²) in [5, 5.41) is 18.4. The van der Waals surface area contributed by atoms with Gasteiger partial charge in [-0.3, -0.25) is 4.79 Å². The zero-order valence-electron chi connectivity index (χ0n) is 42.2. The lowest BCUT2D eigenvalue weighted by Gasteiger charge is -2.27. The number of carbonyl (C=O) groups excluding carboxylic acids is 1. The number of benzene rings is 4. The standard InChI is InChI=1S/C24H25F6N3O4S.C24H23F6N3O4S.CH2Cl2/c2*1-4-33-20(37-18-10-8-15(9-11-18)21(34)24(28,29)30)13-19(31-33)16-6-5-7-17(12-16)22(2,3)32-38(35,36)14-23(25,26)27;2-1-3/h5-13,21,32,34H,4,14H2,1-3H3;5-13,32H,4,14H2,1-3H3;1H2. The molecule has 0 aliphatic rings. The quantitative estimate of drug-likeness (QED) is 0.0425. The van der Waals surface area contributed by atoms with E-state index < -0.39 is 84.8 Å². The summed E-state index contributed by atoms with van der Waals surface area (Å²) in [6.07, 6.45) is -22.2. The van der Waals surface area contributed by atoms with Crippen molar-refractivity contribution >= 4 is 49.0 Å². The zero-order chi connectivity index (χ0) is 59.7. The molecule has 3 N–H and O–H groups in total. The molecule has 0 radical (unpaired) electrons. The molecule has 0 aliphatic heterocycles. The Kier molecular flexibility index (Phi) is 21.3. The first kappa shape index (κ1) is 65.6. The SMILES string of the molecule is CCn1nc(-c2cccc(C(C)(C)NS(=O)(=O)CC(F)(F)F)c2)cc1Oc1ccc(C(=O)C(F)(F)F)cc1.CCn1nc(-c2cccc(C(C)(C)NS(=O)(=O)CC(F)(F)F)c2)cc1Oc1ccc(C(O)C(F)(F)F)cc1.ClCCl. The van der Waals surface area contributed by atoms with Gasteiger partial charge in [0.2, 0.25) is 31.8 Å². The number of aromatic nitrogens is 4. The van der Waals surface area contributed by atoms with Crippen molar-refractivity contribution in [3.8, 4) is 45.8 Å². The summed E-state index contributed by atoms with van der Waals surface area (Å²) in [4.78, 5) is 11.4. The van der Waals surface area contributed by atoms with E-state index >= 15 is 0 Å². The number of halogens is 14. The minimum atomic E-state index is -5.00. The van der Waals surface area contributed by atoms with Crippen molar-refractivity contribution in [2.75, 3.05) is 16.8 Å². The van der Waals surface area contributed by atoms with E-state index in [9.17, 15) is 79.4 Å². The van der Waals surface area contributed by atoms with E-state index in [0.717, 1.165) is 24.3 Å². The van der Waals surface area contributed by atoms with E-state index in [0.29, 0.717) is 46.7 Å². The second-order valence-corrected chi connectivity index (χ2v) is 22.2. The number of aliphatic hydroxyl groups is 1. The summed E-state index contributed by atoms with van der Waals surface area (Å²) in [6.45, 7) is 9.96. The molecule has 0 fully saturated rings. The van der Waals surface area contributed by atoms with Crippen molar-refractivity contribution in [1.82, 2.24) is 29.0 Å². The molecule has 0 bridgehead atoms. The van der Waals surface area contributed by atoms with Crippen LogP contribution in [-0.4, -0.2) is 88.8 Å². The Morgan fingerprint density at radius 1 is 0.595 bits per heavy atom. The molecule has 0 amide bonds. The third-order valence-electron chi connectivity index (χ3n) is 10.7. The second-order valence-electron chi connectivity index (χ2n) is 17.9. The van der Waals surface area contributed by atoms with E-state index in [-0.39, 0.29) is 34.2 Å². The van der Waals surface area contributed by atoms with E-state index in [1.54, 1.807) is 68.4 Å². The van der Waals surface area contributed by atoms with Gasteiger partial charge in [-0.2, -0.15) is 62.9 Å². The van der Waals surface area contributed by atoms with Crippen molar-refractivity contribution in [3.05, 3.63) is 131 Å². The Hall–Kier alpha value is -5.91. The highest BCUT2D eigenvalue weighted by Crippen LogP contribution is 2.36. The van der Waals surface area contributed by atoms with Crippen molar-refractivity contribution in [1.29, 1.82) is 0 Å². The number of sulfonamides is 2. The predicted octanol–water partition coefficient (Wildman–Crippen LogP) is 12.9. The second kappa shape index (κ2) is 25.7. The molecular weight excluding hydrogens is 1160 g/mol. The first-order valence-electron chi connectivity index (χ1n) is 22.8. The van der Waals surface area contributed by atoms with Crippen LogP contribution in [0.25, 0.3) is 22.5 Å². The van der Waals surface area contributed by atoms with Gasteiger partial charge in [-0.25, -0.2) is 35.6 Å². The van der Waals surface area contributed by atoms with Crippen LogP contribution >= 0.6 is 23.2 Å². The van der Waals surface area contributed by atoms with Crippen molar-refractivity contribution < 1.29 is 88.9 Å². The van der Waals surface area contributed by atoms with Gasteiger partial charge in [0, 0.05) is 41.9 Å². The van der Waals surface area contributed by atoms with Gasteiger partial charge in [-0.1, -0.05) is 48.5 Å². The summed E-state index contributed by atoms with van der Waals surface area (Å²) in [6, 6.07) is 25.0. The lowest BCUT2D eigenvalue weighted by Crippen LogP contribution is -2.44. The lowest BCUT2D eigenvalue weighted by molar-refractivity contribution is -0.206. The molecule has 2 aromatic heterocycles. The van der Waals surface area contributed by atoms with Gasteiger partial charge in [0.15, 0.2) is 17.6 Å². The summed E-state index contributed by atoms with van der Waals surface area (Å²) in [7, 11) is -9.35. The van der Waals surface area contributed by atoms with Gasteiger partial charge >= 0.3 is 24.7 Å². The Morgan fingerprint density at radius 3 is 1.27 bits per heavy atom. The highest BCUT2D eigenvalue weighted by atomic mass is 35.5. The number of ketones is 1. The van der Waals surface area contributed by atoms with Gasteiger partial charge in [0.05, 0.1) is 27.8 Å². The highest BCUT2D eigenvalue weighted by Gasteiger charge is 2.42. The van der Waals surface area contributed by atoms with E-state index in [1.807, 2.05) is 0 Å². The first-order valence-corrected chi connectivity index (χ1v) is 27.2. The van der Waals surface area contributed by atoms with Crippen LogP contribution in [-0.2, 0) is 44.2 Å². The molecule has 0 saturated carbocycles. The Balaban J connectivity index is 0.000000324. The van der Waals surface area contributed by atoms with Crippen molar-refractivity contribution in [2.24, 2.45) is 0 Å². The summed E-state index contributed by atoms with van der Waals surface area (Å²) < 4.78 is 219. The predicted molar refractivity (Wildman–Crippen MR) is 270 cm³/mol. The molecule has 0 spiro atoms. The third kappa shape index (κ3) is 19.7. The van der Waals surface area contributed by atoms with E-state index in [1.165, 1.54) is 67.4 Å². The molecule has 6 aromatic rings. The number of alkyl halides is 14. The monoisotopic (exact) mass is 1210 g/mol. The van der Waals surface area contributed by atoms with Gasteiger partial charge in [0.1, 0.15) is 11.5 Å². The number of aryl methyl sites for hydroxylation is 2. The normalized spacial score (nSPS) is 13.2. The highest BCUT2D eigenvalue weighted by molar-refractivity contribution is 7.89. The first-order chi connectivity index (χ1) is 36.2. The molecule has 14 nitrogen and oxygen atoms in total. The molecule has 1 atom stereocenters. The average molecular weight is 1210 g/mol. The minimum Gasteiger partial charge on any atom is -0.439 e. The minimum absolute atomic E-state index is 0.152. The molecule has 1 unspecified atom stereocenters. The van der Waals surface area contributed by atoms with Crippen LogP contribution in [0, 0.1) is 0 Å². The topological polar surface area (TPSA) is 184 Å². The van der Waals surface area contributed by atoms with E-state index in [2.05, 4.69) is 19.6 Å². The maximum atomic E-state index is 12.7. The number of nitrogens with one attached hydrogen (secondary N) is 2. The number of hydrogen-bond donors (Lipinski definition) is 3. The number of aliphatic hydroxyl groups excluding tert-OH is 1. The van der Waals surface area contributed by atoms with Gasteiger partial charge in [0.25, 0.3) is 5.78 Å². The van der Waals surface area contributed by atoms with Crippen molar-refractivity contribution in [2.45, 2.75) is 96.5 Å². The van der Waals surface area contributed by atoms with Crippen LogP contribution in [0.1, 0.15) is 74.7 Å². The number of nitrogens with zero attached hydrogens (tertiary/aromatic N) is 4. The maximum Gasteiger partial charge on any atom is 0.454 e. The number of hydrogen-bond acceptors (Lipinski definition) is 10. The van der Waals surface area contributed by atoms with Crippen LogP contribution in [0.2, 0.25) is 0 Å². The summed E-state index contributed by atoms with van der Waals surface area (Å²) >= 11 is 9.53. The third-order valence-corrected chi connectivity index (χ3v) is 13.8. The van der Waals surface area contributed by atoms with Crippen LogP contribution in [0.3, 0.4) is 0 Å². The Bertz CT molecular complexity index is 3240. The largest absolute Gasteiger partial charge is 0.454 e. The fourth-order valence-electron chi connectivity index (χ4n) is 7.22. The number of rotatable bonds is 18. The Morgan fingerprint density at radius 2 is 0.949 bits per heavy atom. The fraction of sp³-hybridized carbons (Fsp3) is 0.367. The van der Waals surface area contributed by atoms with Gasteiger partial charge in [-0.15, -0.1) is 23.2 Å². The molecule has 0 saturated heterocycles. The summed E-state index contributed by atoms with van der Waals surface area (Å²) in [5.74, 6) is -5.18. The van der Waals surface area contributed by atoms with Crippen LogP contribution in [0.5, 0.6) is 23.3 Å². The molecule has 4 aromatic carbocycles. The molecule has 2 heterocycles. The molecule has 30 heteroatoms. The number of Topliss-reactive ketones (excluding diaryl/α,β-unsaturated/α-hetero) is 1. The molecule has 79 heavy (non-hydrogen) atoms. The zero-order valence-corrected chi connectivity index (χ0v) is 45.4. The smallest absolute Gasteiger partial charge is 0.439 e. The Labute approximate surface area is 455 Å². The molecule has 0 aliphatic carbocycles. The number of carbonyl (C=O) groups is 1. The van der Waals surface area contributed by atoms with Crippen LogP contribution < -0.4 is 18.9 Å². The molecular formula is C49H50Cl2F12N6O8S2. The van der Waals surface area contributed by atoms with Gasteiger partial charge in [-0.05, 0) is 107 Å². The average Bonchev–Trinajstić information content (AvgIpc) is 3.93. The molecule has 434 valence electrons. The van der Waals surface area contributed by atoms with Crippen LogP contribution in [0.15, 0.2) is 109 Å². The van der Waals surface area contributed by atoms with Crippen molar-refractivity contribution in [3.63, 3.8) is 0 Å².